The third-order valence-corrected chi connectivity index (χ3v) is 4.01. The molecule has 0 radical (unpaired) electrons. The topological polar surface area (TPSA) is 55.0 Å². The molecule has 0 aliphatic rings. The molecule has 1 aromatic carbocycles. The fourth-order valence-corrected chi connectivity index (χ4v) is 2.93. The highest BCUT2D eigenvalue weighted by Gasteiger charge is 2.10. The average Bonchev–Trinajstić information content (AvgIpc) is 2.92. The summed E-state index contributed by atoms with van der Waals surface area (Å²) in [7, 11) is 1.36. The molecule has 0 saturated carbocycles. The van der Waals surface area contributed by atoms with Crippen molar-refractivity contribution in [2.24, 2.45) is 0 Å². The molecule has 21 heavy (non-hydrogen) atoms. The second-order valence-electron chi connectivity index (χ2n) is 4.68. The zero-order valence-corrected chi connectivity index (χ0v) is 13.0. The van der Waals surface area contributed by atoms with Crippen molar-refractivity contribution >= 4 is 32.8 Å². The van der Waals surface area contributed by atoms with Crippen LogP contribution in [0.4, 0.5) is 0 Å². The number of ether oxygens (including phenoxy) is 1. The molecule has 0 saturated heterocycles. The first kappa shape index (κ1) is 13.8. The minimum Gasteiger partial charge on any atom is -0.465 e. The number of hydrogen-bond donors (Lipinski definition) is 1. The number of aromatic nitrogens is 2. The first-order valence-corrected chi connectivity index (χ1v) is 7.26. The minimum absolute atomic E-state index is 0.371. The number of pyridine rings is 1. The summed E-state index contributed by atoms with van der Waals surface area (Å²) in [5.41, 5.74) is 3.61. The van der Waals surface area contributed by atoms with Gasteiger partial charge < -0.3 is 9.72 Å². The van der Waals surface area contributed by atoms with E-state index in [1.807, 2.05) is 30.5 Å². The molecule has 3 aromatic rings. The van der Waals surface area contributed by atoms with Crippen LogP contribution in [-0.2, 0) is 11.2 Å². The number of hydrogen-bond acceptors (Lipinski definition) is 3. The standard InChI is InChI=1S/C16H13BrN2O2/c1-21-16(20)10-5-6-12(18-8-10)7-11-9-19-14-4-2-3-13(17)15(11)14/h2-6,8-9,19H,7H2,1H3. The van der Waals surface area contributed by atoms with Crippen molar-refractivity contribution in [1.29, 1.82) is 0 Å². The summed E-state index contributed by atoms with van der Waals surface area (Å²) in [5, 5.41) is 1.16. The Hall–Kier alpha value is -2.14. The summed E-state index contributed by atoms with van der Waals surface area (Å²) in [6.45, 7) is 0. The van der Waals surface area contributed by atoms with Gasteiger partial charge in [0, 0.05) is 39.9 Å². The van der Waals surface area contributed by atoms with Crippen molar-refractivity contribution in [2.75, 3.05) is 7.11 Å². The van der Waals surface area contributed by atoms with E-state index < -0.39 is 0 Å². The van der Waals surface area contributed by atoms with Gasteiger partial charge in [0.05, 0.1) is 12.7 Å². The third kappa shape index (κ3) is 2.69. The zero-order valence-electron chi connectivity index (χ0n) is 11.4. The first-order chi connectivity index (χ1) is 10.2. The SMILES string of the molecule is COC(=O)c1ccc(Cc2c[nH]c3cccc(Br)c23)nc1. The van der Waals surface area contributed by atoms with Gasteiger partial charge in [-0.1, -0.05) is 22.0 Å². The maximum atomic E-state index is 11.4. The van der Waals surface area contributed by atoms with Crippen LogP contribution in [0.15, 0.2) is 47.2 Å². The molecule has 1 N–H and O–H groups in total. The van der Waals surface area contributed by atoms with Crippen LogP contribution in [-0.4, -0.2) is 23.0 Å². The van der Waals surface area contributed by atoms with Gasteiger partial charge in [0.1, 0.15) is 0 Å². The summed E-state index contributed by atoms with van der Waals surface area (Å²) in [4.78, 5) is 19.0. The van der Waals surface area contributed by atoms with E-state index >= 15 is 0 Å². The van der Waals surface area contributed by atoms with Crippen LogP contribution in [0.5, 0.6) is 0 Å². The second kappa shape index (κ2) is 5.69. The Balaban J connectivity index is 1.90. The molecule has 0 atom stereocenters. The van der Waals surface area contributed by atoms with Crippen LogP contribution in [0, 0.1) is 0 Å². The largest absolute Gasteiger partial charge is 0.465 e. The Morgan fingerprint density at radius 1 is 1.33 bits per heavy atom. The van der Waals surface area contributed by atoms with Gasteiger partial charge in [0.25, 0.3) is 0 Å². The van der Waals surface area contributed by atoms with Crippen molar-refractivity contribution in [1.82, 2.24) is 9.97 Å². The van der Waals surface area contributed by atoms with E-state index in [0.717, 1.165) is 26.6 Å². The molecule has 0 spiro atoms. The highest BCUT2D eigenvalue weighted by atomic mass is 79.9. The van der Waals surface area contributed by atoms with E-state index in [2.05, 4.69) is 30.6 Å². The van der Waals surface area contributed by atoms with Crippen LogP contribution >= 0.6 is 15.9 Å². The Kier molecular flexibility index (Phi) is 3.75. The lowest BCUT2D eigenvalue weighted by atomic mass is 10.1. The molecule has 4 nitrogen and oxygen atoms in total. The minimum atomic E-state index is -0.371. The molecule has 0 amide bonds. The van der Waals surface area contributed by atoms with Crippen molar-refractivity contribution in [3.05, 3.63) is 64.0 Å². The fourth-order valence-electron chi connectivity index (χ4n) is 2.31. The van der Waals surface area contributed by atoms with Gasteiger partial charge in [-0.25, -0.2) is 4.79 Å². The second-order valence-corrected chi connectivity index (χ2v) is 5.54. The predicted molar refractivity (Wildman–Crippen MR) is 84.4 cm³/mol. The molecule has 3 rings (SSSR count). The molecule has 0 aliphatic carbocycles. The summed E-state index contributed by atoms with van der Waals surface area (Å²) in [6, 6.07) is 9.64. The normalized spacial score (nSPS) is 10.8. The molecule has 5 heteroatoms. The van der Waals surface area contributed by atoms with Gasteiger partial charge in [0.15, 0.2) is 0 Å². The fraction of sp³-hybridized carbons (Fsp3) is 0.125. The van der Waals surface area contributed by atoms with Crippen LogP contribution in [0.2, 0.25) is 0 Å². The zero-order chi connectivity index (χ0) is 14.8. The lowest BCUT2D eigenvalue weighted by Gasteiger charge is -2.03. The van der Waals surface area contributed by atoms with Gasteiger partial charge in [-0.05, 0) is 29.8 Å². The van der Waals surface area contributed by atoms with Crippen LogP contribution in [0.3, 0.4) is 0 Å². The average molecular weight is 345 g/mol. The molecule has 106 valence electrons. The number of methoxy groups -OCH3 is 1. The number of nitrogens with zero attached hydrogens (tertiary/aromatic N) is 1. The van der Waals surface area contributed by atoms with E-state index in [0.29, 0.717) is 12.0 Å². The van der Waals surface area contributed by atoms with Crippen LogP contribution in [0.1, 0.15) is 21.6 Å². The highest BCUT2D eigenvalue weighted by molar-refractivity contribution is 9.10. The van der Waals surface area contributed by atoms with E-state index in [-0.39, 0.29) is 5.97 Å². The van der Waals surface area contributed by atoms with Crippen molar-refractivity contribution in [2.45, 2.75) is 6.42 Å². The third-order valence-electron chi connectivity index (χ3n) is 3.35. The molecule has 0 fully saturated rings. The summed E-state index contributed by atoms with van der Waals surface area (Å²) in [5.74, 6) is -0.371. The Bertz CT molecular complexity index is 794. The number of carbonyl (C=O) groups is 1. The maximum absolute atomic E-state index is 11.4. The first-order valence-electron chi connectivity index (χ1n) is 6.47. The summed E-state index contributed by atoms with van der Waals surface area (Å²) >= 11 is 3.58. The number of benzene rings is 1. The van der Waals surface area contributed by atoms with E-state index in [1.54, 1.807) is 12.3 Å². The molecule has 2 aromatic heterocycles. The number of fused-ring (bicyclic) bond motifs is 1. The smallest absolute Gasteiger partial charge is 0.339 e. The number of halogens is 1. The number of aromatic amines is 1. The molecular weight excluding hydrogens is 332 g/mol. The Morgan fingerprint density at radius 2 is 2.19 bits per heavy atom. The molecule has 0 unspecified atom stereocenters. The molecule has 0 aliphatic heterocycles. The highest BCUT2D eigenvalue weighted by Crippen LogP contribution is 2.28. The predicted octanol–water partition coefficient (Wildman–Crippen LogP) is 3.70. The number of H-pyrrole nitrogens is 1. The van der Waals surface area contributed by atoms with Crippen molar-refractivity contribution in [3.63, 3.8) is 0 Å². The summed E-state index contributed by atoms with van der Waals surface area (Å²) < 4.78 is 5.72. The molecule has 0 bridgehead atoms. The maximum Gasteiger partial charge on any atom is 0.339 e. The van der Waals surface area contributed by atoms with Crippen LogP contribution < -0.4 is 0 Å². The van der Waals surface area contributed by atoms with Gasteiger partial charge in [0.2, 0.25) is 0 Å². The Morgan fingerprint density at radius 3 is 2.90 bits per heavy atom. The van der Waals surface area contributed by atoms with Gasteiger partial charge in [-0.3, -0.25) is 4.98 Å². The molecular formula is C16H13BrN2O2. The van der Waals surface area contributed by atoms with E-state index in [1.165, 1.54) is 7.11 Å². The number of nitrogens with one attached hydrogen (secondary N) is 1. The van der Waals surface area contributed by atoms with Gasteiger partial charge in [-0.2, -0.15) is 0 Å². The van der Waals surface area contributed by atoms with Gasteiger partial charge in [-0.15, -0.1) is 0 Å². The Labute approximate surface area is 130 Å². The lowest BCUT2D eigenvalue weighted by molar-refractivity contribution is 0.0600. The number of esters is 1. The van der Waals surface area contributed by atoms with Crippen molar-refractivity contribution in [3.8, 4) is 0 Å². The number of rotatable bonds is 3. The van der Waals surface area contributed by atoms with E-state index in [4.69, 9.17) is 0 Å². The number of carbonyl (C=O) groups excluding carboxylic acids is 1. The molecule has 2 heterocycles. The summed E-state index contributed by atoms with van der Waals surface area (Å²) in [6.07, 6.45) is 4.24. The monoisotopic (exact) mass is 344 g/mol. The quantitative estimate of drug-likeness (QED) is 0.737. The van der Waals surface area contributed by atoms with Crippen LogP contribution in [0.25, 0.3) is 10.9 Å². The van der Waals surface area contributed by atoms with Gasteiger partial charge >= 0.3 is 5.97 Å². The lowest BCUT2D eigenvalue weighted by Crippen LogP contribution is -2.02. The van der Waals surface area contributed by atoms with Crippen molar-refractivity contribution < 1.29 is 9.53 Å². The van der Waals surface area contributed by atoms with E-state index in [9.17, 15) is 4.79 Å².